The molecule has 0 bridgehead atoms. The van der Waals surface area contributed by atoms with Crippen LogP contribution >= 0.6 is 0 Å². The van der Waals surface area contributed by atoms with Gasteiger partial charge in [0.15, 0.2) is 0 Å². The number of amides is 1. The van der Waals surface area contributed by atoms with Crippen LogP contribution in [-0.4, -0.2) is 38.5 Å². The molecule has 1 aliphatic carbocycles. The molecule has 0 radical (unpaired) electrons. The van der Waals surface area contributed by atoms with Crippen LogP contribution in [0.2, 0.25) is 0 Å². The fourth-order valence-corrected chi connectivity index (χ4v) is 2.18. The lowest BCUT2D eigenvalue weighted by Gasteiger charge is -2.17. The maximum absolute atomic E-state index is 12.0. The van der Waals surface area contributed by atoms with Crippen molar-refractivity contribution < 1.29 is 4.79 Å². The van der Waals surface area contributed by atoms with E-state index >= 15 is 0 Å². The molecule has 104 valence electrons. The van der Waals surface area contributed by atoms with Crippen LogP contribution in [0, 0.1) is 5.92 Å². The minimum Gasteiger partial charge on any atom is -0.341 e. The zero-order valence-electron chi connectivity index (χ0n) is 11.4. The first-order chi connectivity index (χ1) is 9.72. The Kier molecular flexibility index (Phi) is 3.45. The molecule has 1 saturated carbocycles. The predicted molar refractivity (Wildman–Crippen MR) is 73.4 cm³/mol. The second-order valence-corrected chi connectivity index (χ2v) is 5.33. The van der Waals surface area contributed by atoms with Gasteiger partial charge in [-0.15, -0.1) is 10.2 Å². The number of hydrogen-bond acceptors (Lipinski definition) is 4. The van der Waals surface area contributed by atoms with Gasteiger partial charge in [-0.05, 0) is 35.6 Å². The van der Waals surface area contributed by atoms with Crippen LogP contribution < -0.4 is 0 Å². The minimum absolute atomic E-state index is 0.220. The van der Waals surface area contributed by atoms with Crippen molar-refractivity contribution in [2.45, 2.75) is 25.8 Å². The van der Waals surface area contributed by atoms with E-state index in [1.54, 1.807) is 4.90 Å². The molecule has 6 heteroatoms. The summed E-state index contributed by atoms with van der Waals surface area (Å²) in [6, 6.07) is 7.87. The zero-order chi connectivity index (χ0) is 13.9. The first kappa shape index (κ1) is 12.8. The van der Waals surface area contributed by atoms with E-state index in [2.05, 4.69) is 20.6 Å². The minimum atomic E-state index is 0.220. The number of nitrogens with one attached hydrogen (secondary N) is 1. The number of nitrogens with zero attached hydrogens (tertiary/aromatic N) is 4. The van der Waals surface area contributed by atoms with Gasteiger partial charge in [0.25, 0.3) is 0 Å². The summed E-state index contributed by atoms with van der Waals surface area (Å²) in [5.74, 6) is 1.41. The van der Waals surface area contributed by atoms with Crippen LogP contribution in [0.15, 0.2) is 24.3 Å². The van der Waals surface area contributed by atoms with Gasteiger partial charge in [-0.1, -0.05) is 18.2 Å². The Bertz CT molecular complexity index is 591. The highest BCUT2D eigenvalue weighted by atomic mass is 16.2. The quantitative estimate of drug-likeness (QED) is 0.896. The van der Waals surface area contributed by atoms with E-state index < -0.39 is 0 Å². The molecule has 0 atom stereocenters. The molecule has 1 amide bonds. The van der Waals surface area contributed by atoms with Gasteiger partial charge in [0.1, 0.15) is 0 Å². The second-order valence-electron chi connectivity index (χ2n) is 5.33. The number of benzene rings is 1. The van der Waals surface area contributed by atoms with Crippen LogP contribution in [0.25, 0.3) is 11.4 Å². The monoisotopic (exact) mass is 271 g/mol. The smallest absolute Gasteiger partial charge is 0.222 e. The molecule has 1 aromatic carbocycles. The molecule has 0 spiro atoms. The van der Waals surface area contributed by atoms with Crippen molar-refractivity contribution in [2.24, 2.45) is 5.92 Å². The molecule has 6 nitrogen and oxygen atoms in total. The molecule has 2 aromatic rings. The molecule has 1 N–H and O–H groups in total. The van der Waals surface area contributed by atoms with Crippen LogP contribution in [0.1, 0.15) is 24.8 Å². The molecule has 0 unspecified atom stereocenters. The van der Waals surface area contributed by atoms with E-state index in [9.17, 15) is 4.79 Å². The van der Waals surface area contributed by atoms with E-state index in [0.717, 1.165) is 11.1 Å². The van der Waals surface area contributed by atoms with Crippen LogP contribution in [0.5, 0.6) is 0 Å². The van der Waals surface area contributed by atoms with Gasteiger partial charge in [0, 0.05) is 25.6 Å². The van der Waals surface area contributed by atoms with Crippen molar-refractivity contribution in [3.8, 4) is 11.4 Å². The maximum Gasteiger partial charge on any atom is 0.222 e. The van der Waals surface area contributed by atoms with Crippen molar-refractivity contribution in [1.29, 1.82) is 0 Å². The van der Waals surface area contributed by atoms with E-state index in [0.29, 0.717) is 24.7 Å². The number of H-pyrrole nitrogens is 1. The molecular formula is C14H17N5O. The summed E-state index contributed by atoms with van der Waals surface area (Å²) in [6.45, 7) is 0.608. The van der Waals surface area contributed by atoms with Gasteiger partial charge in [0.2, 0.25) is 11.7 Å². The Labute approximate surface area is 117 Å². The highest BCUT2D eigenvalue weighted by molar-refractivity contribution is 5.76. The Hall–Kier alpha value is -2.24. The number of carbonyl (C=O) groups excluding carboxylic acids is 1. The molecular weight excluding hydrogens is 254 g/mol. The van der Waals surface area contributed by atoms with Crippen molar-refractivity contribution in [3.63, 3.8) is 0 Å². The standard InChI is InChI=1S/C14H17N5O/c1-19(13(20)8-10-5-6-10)9-11-3-2-4-12(7-11)14-15-17-18-16-14/h2-4,7,10H,5-6,8-9H2,1H3,(H,15,16,17,18). The number of carbonyl (C=O) groups is 1. The average molecular weight is 271 g/mol. The SMILES string of the molecule is CN(Cc1cccc(-c2nn[nH]n2)c1)C(=O)CC1CC1. The van der Waals surface area contributed by atoms with Crippen molar-refractivity contribution in [3.05, 3.63) is 29.8 Å². The molecule has 20 heavy (non-hydrogen) atoms. The predicted octanol–water partition coefficient (Wildman–Crippen LogP) is 1.63. The molecule has 0 aliphatic heterocycles. The third kappa shape index (κ3) is 3.01. The van der Waals surface area contributed by atoms with Crippen molar-refractivity contribution in [1.82, 2.24) is 25.5 Å². The normalized spacial score (nSPS) is 14.2. The Morgan fingerprint density at radius 1 is 1.45 bits per heavy atom. The topological polar surface area (TPSA) is 74.8 Å². The van der Waals surface area contributed by atoms with E-state index in [-0.39, 0.29) is 5.91 Å². The summed E-state index contributed by atoms with van der Waals surface area (Å²) >= 11 is 0. The van der Waals surface area contributed by atoms with Gasteiger partial charge in [-0.2, -0.15) is 5.21 Å². The van der Waals surface area contributed by atoms with Crippen molar-refractivity contribution >= 4 is 5.91 Å². The first-order valence-electron chi connectivity index (χ1n) is 6.79. The molecule has 1 aliphatic rings. The van der Waals surface area contributed by atoms with E-state index in [4.69, 9.17) is 0 Å². The molecule has 1 aromatic heterocycles. The number of hydrogen-bond donors (Lipinski definition) is 1. The lowest BCUT2D eigenvalue weighted by atomic mass is 10.1. The van der Waals surface area contributed by atoms with Gasteiger partial charge >= 0.3 is 0 Å². The highest BCUT2D eigenvalue weighted by Gasteiger charge is 2.25. The Balaban J connectivity index is 1.67. The third-order valence-electron chi connectivity index (χ3n) is 3.54. The largest absolute Gasteiger partial charge is 0.341 e. The fourth-order valence-electron chi connectivity index (χ4n) is 2.18. The number of aromatic amines is 1. The van der Waals surface area contributed by atoms with Gasteiger partial charge in [-0.25, -0.2) is 0 Å². The molecule has 1 fully saturated rings. The first-order valence-corrected chi connectivity index (χ1v) is 6.79. The van der Waals surface area contributed by atoms with Gasteiger partial charge in [0.05, 0.1) is 0 Å². The van der Waals surface area contributed by atoms with Gasteiger partial charge < -0.3 is 4.90 Å². The lowest BCUT2D eigenvalue weighted by molar-refractivity contribution is -0.130. The Morgan fingerprint density at radius 3 is 3.00 bits per heavy atom. The number of aromatic nitrogens is 4. The molecule has 3 rings (SSSR count). The summed E-state index contributed by atoms with van der Waals surface area (Å²) in [5, 5.41) is 13.9. The van der Waals surface area contributed by atoms with E-state index in [1.807, 2.05) is 31.3 Å². The summed E-state index contributed by atoms with van der Waals surface area (Å²) in [5.41, 5.74) is 1.97. The summed E-state index contributed by atoms with van der Waals surface area (Å²) < 4.78 is 0. The molecule has 1 heterocycles. The summed E-state index contributed by atoms with van der Waals surface area (Å²) in [4.78, 5) is 13.8. The number of rotatable bonds is 5. The Morgan fingerprint density at radius 2 is 2.30 bits per heavy atom. The summed E-state index contributed by atoms with van der Waals surface area (Å²) in [7, 11) is 1.85. The van der Waals surface area contributed by atoms with Crippen LogP contribution in [0.3, 0.4) is 0 Å². The highest BCUT2D eigenvalue weighted by Crippen LogP contribution is 2.32. The van der Waals surface area contributed by atoms with Crippen LogP contribution in [0.4, 0.5) is 0 Å². The zero-order valence-corrected chi connectivity index (χ0v) is 11.4. The second kappa shape index (κ2) is 5.40. The third-order valence-corrected chi connectivity index (χ3v) is 3.54. The fraction of sp³-hybridized carbons (Fsp3) is 0.429. The molecule has 0 saturated heterocycles. The maximum atomic E-state index is 12.0. The van der Waals surface area contributed by atoms with Crippen LogP contribution in [-0.2, 0) is 11.3 Å². The average Bonchev–Trinajstić information content (AvgIpc) is 3.08. The lowest BCUT2D eigenvalue weighted by Crippen LogP contribution is -2.26. The van der Waals surface area contributed by atoms with Crippen molar-refractivity contribution in [2.75, 3.05) is 7.05 Å². The van der Waals surface area contributed by atoms with Gasteiger partial charge in [-0.3, -0.25) is 4.79 Å². The van der Waals surface area contributed by atoms with E-state index in [1.165, 1.54) is 12.8 Å². The number of tetrazole rings is 1. The summed E-state index contributed by atoms with van der Waals surface area (Å²) in [6.07, 6.45) is 3.08.